The molecule has 2 aromatic carbocycles. The van der Waals surface area contributed by atoms with Gasteiger partial charge in [-0.3, -0.25) is 9.55 Å². The number of hydrogen-bond acceptors (Lipinski definition) is 2. The third kappa shape index (κ3) is 2.06. The van der Waals surface area contributed by atoms with Gasteiger partial charge in [-0.2, -0.15) is 0 Å². The summed E-state index contributed by atoms with van der Waals surface area (Å²) in [6, 6.07) is 16.5. The molecule has 0 amide bonds. The molecule has 0 fully saturated rings. The average molecular weight is 296 g/mol. The number of fused-ring (bicyclic) bond motifs is 3. The van der Waals surface area contributed by atoms with Gasteiger partial charge in [0.25, 0.3) is 0 Å². The summed E-state index contributed by atoms with van der Waals surface area (Å²) in [7, 11) is 0. The van der Waals surface area contributed by atoms with Crippen LogP contribution in [-0.4, -0.2) is 14.5 Å². The van der Waals surface area contributed by atoms with E-state index >= 15 is 0 Å². The summed E-state index contributed by atoms with van der Waals surface area (Å²) in [6.07, 6.45) is 3.72. The number of aromatic nitrogens is 3. The number of aryl methyl sites for hydroxylation is 1. The standard InChI is InChI=1S/C17H13N3.ClH/c1-12-6-2-5-9-16(12)20-11-19-15-10-18-14-8-4-3-7-13(14)17(15)20;/h2-11H,1H3;1H. The summed E-state index contributed by atoms with van der Waals surface area (Å²) < 4.78 is 2.15. The van der Waals surface area contributed by atoms with Crippen molar-refractivity contribution in [2.45, 2.75) is 6.92 Å². The van der Waals surface area contributed by atoms with Gasteiger partial charge in [0.05, 0.1) is 22.9 Å². The number of hydrogen-bond donors (Lipinski definition) is 0. The Bertz CT molecular complexity index is 928. The van der Waals surface area contributed by atoms with E-state index in [0.717, 1.165) is 27.6 Å². The molecule has 0 bridgehead atoms. The highest BCUT2D eigenvalue weighted by Gasteiger charge is 2.10. The van der Waals surface area contributed by atoms with E-state index in [9.17, 15) is 0 Å². The van der Waals surface area contributed by atoms with Crippen LogP contribution < -0.4 is 0 Å². The second-order valence-electron chi connectivity index (χ2n) is 4.91. The van der Waals surface area contributed by atoms with Crippen LogP contribution in [0.25, 0.3) is 27.6 Å². The number of halogens is 1. The Hall–Kier alpha value is -2.39. The first-order valence-corrected chi connectivity index (χ1v) is 6.61. The topological polar surface area (TPSA) is 30.7 Å². The highest BCUT2D eigenvalue weighted by Crippen LogP contribution is 2.26. The van der Waals surface area contributed by atoms with Crippen molar-refractivity contribution in [3.63, 3.8) is 0 Å². The SMILES string of the molecule is Cc1ccccc1-n1cnc2cnc3ccccc3c21.Cl. The minimum atomic E-state index is 0. The molecule has 0 aliphatic heterocycles. The average Bonchev–Trinajstić information content (AvgIpc) is 2.92. The fraction of sp³-hybridized carbons (Fsp3) is 0.0588. The Labute approximate surface area is 128 Å². The summed E-state index contributed by atoms with van der Waals surface area (Å²) in [5.41, 5.74) is 5.42. The fourth-order valence-corrected chi connectivity index (χ4v) is 2.66. The maximum atomic E-state index is 4.49. The molecule has 104 valence electrons. The molecule has 0 saturated heterocycles. The highest BCUT2D eigenvalue weighted by molar-refractivity contribution is 6.02. The van der Waals surface area contributed by atoms with Crippen LogP contribution in [0.5, 0.6) is 0 Å². The predicted molar refractivity (Wildman–Crippen MR) is 88.4 cm³/mol. The molecule has 4 rings (SSSR count). The molecule has 0 atom stereocenters. The van der Waals surface area contributed by atoms with Crippen LogP contribution in [0.15, 0.2) is 61.1 Å². The van der Waals surface area contributed by atoms with E-state index in [0.29, 0.717) is 0 Å². The number of imidazole rings is 1. The van der Waals surface area contributed by atoms with E-state index in [1.54, 1.807) is 0 Å². The third-order valence-corrected chi connectivity index (χ3v) is 3.66. The number of benzene rings is 2. The predicted octanol–water partition coefficient (Wildman–Crippen LogP) is 4.30. The largest absolute Gasteiger partial charge is 0.298 e. The van der Waals surface area contributed by atoms with Crippen molar-refractivity contribution in [1.29, 1.82) is 0 Å². The van der Waals surface area contributed by atoms with E-state index in [1.165, 1.54) is 5.56 Å². The monoisotopic (exact) mass is 295 g/mol. The lowest BCUT2D eigenvalue weighted by Gasteiger charge is -2.09. The summed E-state index contributed by atoms with van der Waals surface area (Å²) in [4.78, 5) is 8.95. The maximum Gasteiger partial charge on any atom is 0.108 e. The van der Waals surface area contributed by atoms with Gasteiger partial charge >= 0.3 is 0 Å². The zero-order valence-corrected chi connectivity index (χ0v) is 12.3. The van der Waals surface area contributed by atoms with Gasteiger partial charge in [0.2, 0.25) is 0 Å². The van der Waals surface area contributed by atoms with Gasteiger partial charge < -0.3 is 0 Å². The lowest BCUT2D eigenvalue weighted by atomic mass is 10.1. The molecule has 0 unspecified atom stereocenters. The van der Waals surface area contributed by atoms with Gasteiger partial charge in [-0.15, -0.1) is 12.4 Å². The first-order valence-electron chi connectivity index (χ1n) is 6.61. The van der Waals surface area contributed by atoms with Gasteiger partial charge in [0.1, 0.15) is 11.8 Å². The van der Waals surface area contributed by atoms with Crippen LogP contribution in [0.4, 0.5) is 0 Å². The van der Waals surface area contributed by atoms with E-state index < -0.39 is 0 Å². The van der Waals surface area contributed by atoms with Crippen LogP contribution in [0.2, 0.25) is 0 Å². The number of nitrogens with zero attached hydrogens (tertiary/aromatic N) is 3. The Morgan fingerprint density at radius 1 is 0.857 bits per heavy atom. The first kappa shape index (κ1) is 13.6. The summed E-state index contributed by atoms with van der Waals surface area (Å²) in [6.45, 7) is 2.12. The van der Waals surface area contributed by atoms with Gasteiger partial charge in [-0.05, 0) is 24.6 Å². The minimum Gasteiger partial charge on any atom is -0.298 e. The van der Waals surface area contributed by atoms with Crippen LogP contribution in [0, 0.1) is 6.92 Å². The molecule has 0 aliphatic rings. The molecule has 0 aliphatic carbocycles. The Morgan fingerprint density at radius 3 is 2.48 bits per heavy atom. The first-order chi connectivity index (χ1) is 9.84. The number of para-hydroxylation sites is 2. The minimum absolute atomic E-state index is 0. The molecular weight excluding hydrogens is 282 g/mol. The molecule has 0 spiro atoms. The van der Waals surface area contributed by atoms with Crippen molar-refractivity contribution in [3.8, 4) is 5.69 Å². The number of pyridine rings is 1. The van der Waals surface area contributed by atoms with Gasteiger partial charge in [0, 0.05) is 5.39 Å². The quantitative estimate of drug-likeness (QED) is 0.524. The Kier molecular flexibility index (Phi) is 3.35. The van der Waals surface area contributed by atoms with Gasteiger partial charge in [0.15, 0.2) is 0 Å². The molecule has 0 radical (unpaired) electrons. The Morgan fingerprint density at radius 2 is 1.62 bits per heavy atom. The van der Waals surface area contributed by atoms with Crippen molar-refractivity contribution in [2.75, 3.05) is 0 Å². The smallest absolute Gasteiger partial charge is 0.108 e. The molecule has 21 heavy (non-hydrogen) atoms. The zero-order valence-electron chi connectivity index (χ0n) is 11.5. The molecular formula is C17H14ClN3. The molecule has 0 N–H and O–H groups in total. The van der Waals surface area contributed by atoms with Crippen molar-refractivity contribution >= 4 is 34.3 Å². The molecule has 2 heterocycles. The maximum absolute atomic E-state index is 4.49. The molecule has 4 heteroatoms. The van der Waals surface area contributed by atoms with Crippen LogP contribution in [0.3, 0.4) is 0 Å². The second-order valence-corrected chi connectivity index (χ2v) is 4.91. The van der Waals surface area contributed by atoms with E-state index in [2.05, 4.69) is 51.8 Å². The van der Waals surface area contributed by atoms with Crippen molar-refractivity contribution in [1.82, 2.24) is 14.5 Å². The zero-order chi connectivity index (χ0) is 13.5. The lowest BCUT2D eigenvalue weighted by Crippen LogP contribution is -1.95. The summed E-state index contributed by atoms with van der Waals surface area (Å²) >= 11 is 0. The molecule has 2 aromatic heterocycles. The van der Waals surface area contributed by atoms with E-state index in [-0.39, 0.29) is 12.4 Å². The Balaban J connectivity index is 0.00000132. The summed E-state index contributed by atoms with van der Waals surface area (Å²) in [5, 5.41) is 1.13. The molecule has 0 saturated carbocycles. The molecule has 3 nitrogen and oxygen atoms in total. The van der Waals surface area contributed by atoms with Gasteiger partial charge in [-0.1, -0.05) is 36.4 Å². The van der Waals surface area contributed by atoms with Gasteiger partial charge in [-0.25, -0.2) is 4.98 Å². The highest BCUT2D eigenvalue weighted by atomic mass is 35.5. The van der Waals surface area contributed by atoms with Crippen molar-refractivity contribution < 1.29 is 0 Å². The van der Waals surface area contributed by atoms with E-state index in [4.69, 9.17) is 0 Å². The van der Waals surface area contributed by atoms with Crippen LogP contribution in [-0.2, 0) is 0 Å². The van der Waals surface area contributed by atoms with Crippen molar-refractivity contribution in [3.05, 3.63) is 66.6 Å². The summed E-state index contributed by atoms with van der Waals surface area (Å²) in [5.74, 6) is 0. The lowest BCUT2D eigenvalue weighted by molar-refractivity contribution is 1.08. The van der Waals surface area contributed by atoms with Crippen LogP contribution in [0.1, 0.15) is 5.56 Å². The molecule has 4 aromatic rings. The van der Waals surface area contributed by atoms with E-state index in [1.807, 2.05) is 30.7 Å². The number of rotatable bonds is 1. The second kappa shape index (κ2) is 5.19. The normalized spacial score (nSPS) is 10.7. The fourth-order valence-electron chi connectivity index (χ4n) is 2.66. The van der Waals surface area contributed by atoms with Crippen LogP contribution >= 0.6 is 12.4 Å². The third-order valence-electron chi connectivity index (χ3n) is 3.66. The van der Waals surface area contributed by atoms with Crippen molar-refractivity contribution in [2.24, 2.45) is 0 Å².